The number of ether oxygens (including phenoxy) is 4. The van der Waals surface area contributed by atoms with Gasteiger partial charge in [0.1, 0.15) is 42.4 Å². The van der Waals surface area contributed by atoms with Crippen LogP contribution in [-0.2, 0) is 38.7 Å². The molecule has 0 radical (unpaired) electrons. The molecule has 3 aliphatic rings. The number of nitrogens with zero attached hydrogens (tertiary/aromatic N) is 2. The highest BCUT2D eigenvalue weighted by atomic mass is 127. The normalized spacial score (nSPS) is 25.0. The smallest absolute Gasteiger partial charge is 0.421 e. The van der Waals surface area contributed by atoms with E-state index in [9.17, 15) is 19.5 Å². The molecule has 0 bridgehead atoms. The molecule has 0 saturated carbocycles. The molecular formula is C40H35IN2O9. The molecule has 2 saturated heterocycles. The minimum atomic E-state index is -1.94. The fraction of sp³-hybridized carbons (Fsp3) is 0.250. The molecule has 11 nitrogen and oxygen atoms in total. The number of rotatable bonds is 9. The van der Waals surface area contributed by atoms with Crippen LogP contribution < -0.4 is 4.90 Å². The van der Waals surface area contributed by atoms with Gasteiger partial charge < -0.3 is 24.1 Å². The van der Waals surface area contributed by atoms with Gasteiger partial charge >= 0.3 is 18.0 Å². The number of anilines is 1. The largest absolute Gasteiger partial charge is 0.508 e. The van der Waals surface area contributed by atoms with Gasteiger partial charge in [0.15, 0.2) is 0 Å². The lowest BCUT2D eigenvalue weighted by atomic mass is 9.65. The standard InChI is InChI=1S/C40H35IN2O9/c1-3-20-50-36(45)31-33-37(46)52-34(25-12-8-5-9-13-25)32(24-10-6-4-7-11-24)43(33)35(26-14-17-28(44)18-15-26)40(31)29-23-27(41)16-19-30(29)42(38(40)47)39(48)51-22-21-49-2/h3-19,23,31-35,44H,1,20-22H2,2H3. The molecule has 0 aromatic heterocycles. The number of hydrogen-bond acceptors (Lipinski definition) is 10. The van der Waals surface area contributed by atoms with Gasteiger partial charge in [-0.15, -0.1) is 0 Å². The second-order valence-electron chi connectivity index (χ2n) is 12.7. The number of esters is 2. The van der Waals surface area contributed by atoms with Gasteiger partial charge in [-0.2, -0.15) is 0 Å². The second kappa shape index (κ2) is 14.5. The number of amides is 2. The van der Waals surface area contributed by atoms with E-state index in [1.165, 1.54) is 25.3 Å². The number of carbonyl (C=O) groups excluding carboxylic acids is 4. The van der Waals surface area contributed by atoms with Gasteiger partial charge in [-0.05, 0) is 75.2 Å². The zero-order valence-corrected chi connectivity index (χ0v) is 30.3. The monoisotopic (exact) mass is 814 g/mol. The molecule has 4 aromatic carbocycles. The lowest BCUT2D eigenvalue weighted by Crippen LogP contribution is -2.53. The fourth-order valence-electron chi connectivity index (χ4n) is 7.99. The number of hydrogen-bond donors (Lipinski definition) is 1. The molecule has 7 rings (SSSR count). The van der Waals surface area contributed by atoms with Crippen LogP contribution in [0.4, 0.5) is 10.5 Å². The van der Waals surface area contributed by atoms with Crippen molar-refractivity contribution < 1.29 is 43.2 Å². The maximum Gasteiger partial charge on any atom is 0.421 e. The Morgan fingerprint density at radius 1 is 0.885 bits per heavy atom. The topological polar surface area (TPSA) is 132 Å². The van der Waals surface area contributed by atoms with E-state index in [1.807, 2.05) is 65.6 Å². The van der Waals surface area contributed by atoms with E-state index in [1.54, 1.807) is 30.3 Å². The van der Waals surface area contributed by atoms with Crippen LogP contribution in [0.3, 0.4) is 0 Å². The van der Waals surface area contributed by atoms with Crippen molar-refractivity contribution in [3.05, 3.63) is 142 Å². The van der Waals surface area contributed by atoms with Gasteiger partial charge in [0, 0.05) is 10.7 Å². The first-order chi connectivity index (χ1) is 25.2. The number of phenols is 1. The van der Waals surface area contributed by atoms with Crippen molar-refractivity contribution in [3.63, 3.8) is 0 Å². The first-order valence-electron chi connectivity index (χ1n) is 16.7. The van der Waals surface area contributed by atoms with E-state index in [0.29, 0.717) is 16.7 Å². The number of benzene rings is 4. The molecule has 12 heteroatoms. The SMILES string of the molecule is C=CCOC(=O)C1C2C(=O)OC(c3ccccc3)C(c3ccccc3)N2C(c2ccc(O)cc2)C12C(=O)N(C(=O)OCCOC)c1ccc(I)cc12. The molecule has 3 heterocycles. The van der Waals surface area contributed by atoms with Gasteiger partial charge in [-0.1, -0.05) is 85.5 Å². The van der Waals surface area contributed by atoms with Crippen LogP contribution in [0.25, 0.3) is 0 Å². The molecule has 266 valence electrons. The van der Waals surface area contributed by atoms with E-state index in [4.69, 9.17) is 18.9 Å². The Labute approximate surface area is 313 Å². The van der Waals surface area contributed by atoms with Gasteiger partial charge in [0.2, 0.25) is 5.91 Å². The highest BCUT2D eigenvalue weighted by molar-refractivity contribution is 14.1. The number of halogens is 1. The van der Waals surface area contributed by atoms with Crippen molar-refractivity contribution in [1.29, 1.82) is 0 Å². The first kappa shape index (κ1) is 35.4. The van der Waals surface area contributed by atoms with Gasteiger partial charge in [-0.3, -0.25) is 19.3 Å². The number of morpholine rings is 1. The highest BCUT2D eigenvalue weighted by Crippen LogP contribution is 2.66. The number of fused-ring (bicyclic) bond motifs is 3. The summed E-state index contributed by atoms with van der Waals surface area (Å²) >= 11 is 2.11. The summed E-state index contributed by atoms with van der Waals surface area (Å²) in [5.74, 6) is -3.88. The second-order valence-corrected chi connectivity index (χ2v) is 13.9. The summed E-state index contributed by atoms with van der Waals surface area (Å²) in [6, 6.07) is 27.0. The Bertz CT molecular complexity index is 2010. The highest BCUT2D eigenvalue weighted by Gasteiger charge is 2.76. The number of cyclic esters (lactones) is 1. The quantitative estimate of drug-likeness (QED) is 0.0688. The predicted molar refractivity (Wildman–Crippen MR) is 197 cm³/mol. The van der Waals surface area contributed by atoms with E-state index in [2.05, 4.69) is 29.2 Å². The third-order valence-electron chi connectivity index (χ3n) is 9.92. The van der Waals surface area contributed by atoms with E-state index in [-0.39, 0.29) is 31.3 Å². The average Bonchev–Trinajstić information content (AvgIpc) is 3.61. The molecule has 6 atom stereocenters. The van der Waals surface area contributed by atoms with Crippen LogP contribution in [0.15, 0.2) is 116 Å². The molecule has 1 spiro atoms. The van der Waals surface area contributed by atoms with Crippen LogP contribution in [0, 0.1) is 9.49 Å². The van der Waals surface area contributed by atoms with Crippen molar-refractivity contribution >= 4 is 52.2 Å². The molecular weight excluding hydrogens is 779 g/mol. The molecule has 3 aliphatic heterocycles. The average molecular weight is 815 g/mol. The number of phenolic OH excluding ortho intramolecular Hbond substituents is 1. The molecule has 0 aliphatic carbocycles. The lowest BCUT2D eigenvalue weighted by Gasteiger charge is -2.46. The maximum absolute atomic E-state index is 15.6. The Morgan fingerprint density at radius 2 is 1.56 bits per heavy atom. The minimum Gasteiger partial charge on any atom is -0.508 e. The number of methoxy groups -OCH3 is 1. The fourth-order valence-corrected chi connectivity index (χ4v) is 8.48. The van der Waals surface area contributed by atoms with Crippen molar-refractivity contribution in [2.24, 2.45) is 5.92 Å². The minimum absolute atomic E-state index is 0.0230. The van der Waals surface area contributed by atoms with Crippen LogP contribution in [0.2, 0.25) is 0 Å². The Morgan fingerprint density at radius 3 is 2.21 bits per heavy atom. The third-order valence-corrected chi connectivity index (χ3v) is 10.6. The Kier molecular flexibility index (Phi) is 9.88. The predicted octanol–water partition coefficient (Wildman–Crippen LogP) is 6.17. The van der Waals surface area contributed by atoms with Crippen molar-refractivity contribution in [2.75, 3.05) is 31.8 Å². The van der Waals surface area contributed by atoms with Crippen molar-refractivity contribution in [3.8, 4) is 5.75 Å². The maximum atomic E-state index is 15.6. The first-order valence-corrected chi connectivity index (χ1v) is 17.8. The Balaban J connectivity index is 1.56. The van der Waals surface area contributed by atoms with Crippen LogP contribution in [-0.4, -0.2) is 66.9 Å². The summed E-state index contributed by atoms with van der Waals surface area (Å²) in [5, 5.41) is 10.4. The van der Waals surface area contributed by atoms with Crippen LogP contribution in [0.1, 0.15) is 40.4 Å². The Hall–Kier alpha value is -5.05. The number of aromatic hydroxyl groups is 1. The van der Waals surface area contributed by atoms with E-state index in [0.717, 1.165) is 14.0 Å². The molecule has 6 unspecified atom stereocenters. The van der Waals surface area contributed by atoms with E-state index < -0.39 is 59.5 Å². The summed E-state index contributed by atoms with van der Waals surface area (Å²) in [4.78, 5) is 61.7. The number of carbonyl (C=O) groups is 4. The summed E-state index contributed by atoms with van der Waals surface area (Å²) < 4.78 is 23.4. The lowest BCUT2D eigenvalue weighted by molar-refractivity contribution is -0.180. The van der Waals surface area contributed by atoms with Crippen LogP contribution in [0.5, 0.6) is 5.75 Å². The molecule has 1 N–H and O–H groups in total. The van der Waals surface area contributed by atoms with E-state index >= 15 is 4.79 Å². The van der Waals surface area contributed by atoms with Gasteiger partial charge in [0.05, 0.1) is 24.4 Å². The summed E-state index contributed by atoms with van der Waals surface area (Å²) in [6.45, 7) is 3.46. The zero-order valence-electron chi connectivity index (χ0n) is 28.1. The summed E-state index contributed by atoms with van der Waals surface area (Å²) in [6.07, 6.45) is -0.425. The van der Waals surface area contributed by atoms with Gasteiger partial charge in [0.25, 0.3) is 0 Å². The number of imide groups is 1. The van der Waals surface area contributed by atoms with Gasteiger partial charge in [-0.25, -0.2) is 9.69 Å². The molecule has 2 amide bonds. The zero-order chi connectivity index (χ0) is 36.6. The van der Waals surface area contributed by atoms with Crippen molar-refractivity contribution in [2.45, 2.75) is 29.6 Å². The third kappa shape index (κ3) is 5.74. The molecule has 2 fully saturated rings. The molecule has 4 aromatic rings. The summed E-state index contributed by atoms with van der Waals surface area (Å²) in [7, 11) is 1.46. The van der Waals surface area contributed by atoms with Crippen molar-refractivity contribution in [1.82, 2.24) is 4.90 Å². The molecule has 52 heavy (non-hydrogen) atoms. The van der Waals surface area contributed by atoms with Crippen LogP contribution >= 0.6 is 22.6 Å². The summed E-state index contributed by atoms with van der Waals surface area (Å²) in [5.41, 5.74) is 0.595.